The molecule has 2 aliphatic rings. The summed E-state index contributed by atoms with van der Waals surface area (Å²) in [6, 6.07) is 0. The summed E-state index contributed by atoms with van der Waals surface area (Å²) in [5.74, 6) is -1.16. The number of aliphatic hydroxyl groups excluding tert-OH is 7. The van der Waals surface area contributed by atoms with Crippen LogP contribution in [0, 0.1) is 0 Å². The van der Waals surface area contributed by atoms with Crippen molar-refractivity contribution in [2.75, 3.05) is 26.4 Å². The monoisotopic (exact) mass is 957 g/mol. The summed E-state index contributed by atoms with van der Waals surface area (Å²) < 4.78 is 33.3. The Balaban J connectivity index is 1.91. The van der Waals surface area contributed by atoms with Gasteiger partial charge in [0.25, 0.3) is 0 Å². The third kappa shape index (κ3) is 26.6. The van der Waals surface area contributed by atoms with Crippen LogP contribution in [0.1, 0.15) is 104 Å². The van der Waals surface area contributed by atoms with Crippen LogP contribution in [-0.2, 0) is 38.0 Å². The van der Waals surface area contributed by atoms with Crippen LogP contribution in [-0.4, -0.2) is 142 Å². The third-order valence-corrected chi connectivity index (χ3v) is 10.5. The van der Waals surface area contributed by atoms with E-state index in [1.54, 1.807) is 6.08 Å². The van der Waals surface area contributed by atoms with Gasteiger partial charge >= 0.3 is 11.9 Å². The highest BCUT2D eigenvalue weighted by Crippen LogP contribution is 2.26. The molecule has 0 amide bonds. The molecule has 0 bridgehead atoms. The minimum Gasteiger partial charge on any atom is -0.461 e. The van der Waals surface area contributed by atoms with Gasteiger partial charge in [0, 0.05) is 6.42 Å². The van der Waals surface area contributed by atoms with Crippen LogP contribution in [0.3, 0.4) is 0 Å². The zero-order chi connectivity index (χ0) is 49.6. The van der Waals surface area contributed by atoms with Gasteiger partial charge in [-0.15, -0.1) is 0 Å². The molecule has 15 nitrogen and oxygen atoms in total. The van der Waals surface area contributed by atoms with Crippen LogP contribution in [0.4, 0.5) is 0 Å². The minimum atomic E-state index is -1.80. The van der Waals surface area contributed by atoms with E-state index in [-0.39, 0.29) is 19.4 Å². The Labute approximate surface area is 403 Å². The van der Waals surface area contributed by atoms with Crippen LogP contribution in [0.15, 0.2) is 122 Å². The Bertz CT molecular complexity index is 1640. The molecule has 0 aromatic rings. The number of hydrogen-bond acceptors (Lipinski definition) is 15. The molecule has 0 aromatic heterocycles. The Morgan fingerprint density at radius 2 is 0.897 bits per heavy atom. The first-order valence-electron chi connectivity index (χ1n) is 24.1. The van der Waals surface area contributed by atoms with Crippen LogP contribution in [0.25, 0.3) is 0 Å². The lowest BCUT2D eigenvalue weighted by Crippen LogP contribution is -2.61. The molecule has 0 saturated carbocycles. The molecule has 0 radical (unpaired) electrons. The zero-order valence-corrected chi connectivity index (χ0v) is 40.0. The molecule has 2 rings (SSSR count). The number of rotatable bonds is 34. The summed E-state index contributed by atoms with van der Waals surface area (Å²) in [5.41, 5.74) is 0. The van der Waals surface area contributed by atoms with Gasteiger partial charge in [-0.3, -0.25) is 9.59 Å². The fourth-order valence-electron chi connectivity index (χ4n) is 6.56. The summed E-state index contributed by atoms with van der Waals surface area (Å²) in [4.78, 5) is 25.6. The first-order valence-corrected chi connectivity index (χ1v) is 24.1. The van der Waals surface area contributed by atoms with Gasteiger partial charge < -0.3 is 64.2 Å². The number of unbranched alkanes of at least 4 members (excludes halogenated alkanes) is 1. The molecular weight excluding hydrogens is 877 g/mol. The van der Waals surface area contributed by atoms with E-state index in [1.165, 1.54) is 0 Å². The molecule has 68 heavy (non-hydrogen) atoms. The molecule has 0 spiro atoms. The quantitative estimate of drug-likeness (QED) is 0.0218. The van der Waals surface area contributed by atoms with Gasteiger partial charge in [0.1, 0.15) is 55.4 Å². The summed E-state index contributed by atoms with van der Waals surface area (Å²) >= 11 is 0. The van der Waals surface area contributed by atoms with Crippen LogP contribution < -0.4 is 0 Å². The lowest BCUT2D eigenvalue weighted by molar-refractivity contribution is -0.332. The van der Waals surface area contributed by atoms with Gasteiger partial charge in [-0.25, -0.2) is 0 Å². The van der Waals surface area contributed by atoms with E-state index >= 15 is 0 Å². The first kappa shape index (κ1) is 60.0. The molecule has 2 heterocycles. The molecule has 15 heteroatoms. The van der Waals surface area contributed by atoms with E-state index in [0.29, 0.717) is 19.3 Å². The Hall–Kier alpha value is -4.10. The summed E-state index contributed by atoms with van der Waals surface area (Å²) in [5, 5.41) is 72.0. The summed E-state index contributed by atoms with van der Waals surface area (Å²) in [7, 11) is 0. The number of ether oxygens (including phenoxy) is 6. The second-order valence-corrected chi connectivity index (χ2v) is 16.2. The van der Waals surface area contributed by atoms with Gasteiger partial charge in [0.15, 0.2) is 18.7 Å². The maximum atomic E-state index is 13.0. The normalized spacial score (nSPS) is 26.8. The molecule has 7 N–H and O–H groups in total. The highest BCUT2D eigenvalue weighted by molar-refractivity contribution is 5.71. The van der Waals surface area contributed by atoms with Crippen molar-refractivity contribution < 1.29 is 73.8 Å². The highest BCUT2D eigenvalue weighted by Gasteiger charge is 2.47. The zero-order valence-electron chi connectivity index (χ0n) is 40.0. The molecule has 2 saturated heterocycles. The number of hydrogen-bond donors (Lipinski definition) is 7. The minimum absolute atomic E-state index is 0.0348. The van der Waals surface area contributed by atoms with E-state index in [0.717, 1.165) is 57.8 Å². The van der Waals surface area contributed by atoms with Crippen LogP contribution in [0.5, 0.6) is 0 Å². The maximum absolute atomic E-state index is 13.0. The van der Waals surface area contributed by atoms with Crippen molar-refractivity contribution in [3.8, 4) is 0 Å². The topological polar surface area (TPSA) is 231 Å². The number of esters is 2. The first-order chi connectivity index (χ1) is 33.0. The van der Waals surface area contributed by atoms with Crippen LogP contribution >= 0.6 is 0 Å². The van der Waals surface area contributed by atoms with Gasteiger partial charge in [-0.05, 0) is 77.0 Å². The third-order valence-electron chi connectivity index (χ3n) is 10.5. The molecule has 2 fully saturated rings. The predicted octanol–water partition coefficient (Wildman–Crippen LogP) is 6.15. The summed E-state index contributed by atoms with van der Waals surface area (Å²) in [6.45, 7) is 2.15. The predicted molar refractivity (Wildman–Crippen MR) is 261 cm³/mol. The smallest absolute Gasteiger partial charge is 0.309 e. The van der Waals surface area contributed by atoms with Crippen molar-refractivity contribution in [3.05, 3.63) is 122 Å². The van der Waals surface area contributed by atoms with E-state index in [9.17, 15) is 45.3 Å². The second-order valence-electron chi connectivity index (χ2n) is 16.2. The van der Waals surface area contributed by atoms with Crippen molar-refractivity contribution in [1.82, 2.24) is 0 Å². The van der Waals surface area contributed by atoms with Crippen molar-refractivity contribution in [2.45, 2.75) is 171 Å². The molecule has 382 valence electrons. The van der Waals surface area contributed by atoms with Gasteiger partial charge in [0.05, 0.1) is 26.2 Å². The summed E-state index contributed by atoms with van der Waals surface area (Å²) in [6.07, 6.45) is 34.1. The molecule has 2 aliphatic heterocycles. The SMILES string of the molecule is CC/C=C\C/C=C\C/C=C\C/C=C\C/C=C\CCCC(=O)OC(COC(=O)C/C=C\C/C=C\C/C=C\C/C=C\C/C=C\CC)COC1OC(COC2OC(CO)C(O)C(O)C2O)C(O)C(O)C1O. The Kier molecular flexibility index (Phi) is 34.2. The van der Waals surface area contributed by atoms with E-state index in [1.807, 2.05) is 30.4 Å². The lowest BCUT2D eigenvalue weighted by Gasteiger charge is -2.42. The van der Waals surface area contributed by atoms with E-state index < -0.39 is 99.3 Å². The molecule has 0 aromatic carbocycles. The maximum Gasteiger partial charge on any atom is 0.309 e. The molecule has 11 unspecified atom stereocenters. The highest BCUT2D eigenvalue weighted by atomic mass is 16.7. The van der Waals surface area contributed by atoms with Gasteiger partial charge in [-0.1, -0.05) is 135 Å². The molecule has 0 aliphatic carbocycles. The van der Waals surface area contributed by atoms with Crippen molar-refractivity contribution in [3.63, 3.8) is 0 Å². The van der Waals surface area contributed by atoms with Crippen LogP contribution in [0.2, 0.25) is 0 Å². The average molecular weight is 957 g/mol. The fraction of sp³-hybridized carbons (Fsp3) is 0.585. The lowest BCUT2D eigenvalue weighted by atomic mass is 9.98. The molecular formula is C53H80O15. The average Bonchev–Trinajstić information content (AvgIpc) is 3.33. The Morgan fingerprint density at radius 3 is 1.37 bits per heavy atom. The van der Waals surface area contributed by atoms with Gasteiger partial charge in [-0.2, -0.15) is 0 Å². The Morgan fingerprint density at radius 1 is 0.485 bits per heavy atom. The van der Waals surface area contributed by atoms with Crippen molar-refractivity contribution >= 4 is 11.9 Å². The fourth-order valence-corrected chi connectivity index (χ4v) is 6.56. The van der Waals surface area contributed by atoms with E-state index in [4.69, 9.17) is 28.4 Å². The second kappa shape index (κ2) is 38.7. The van der Waals surface area contributed by atoms with Crippen molar-refractivity contribution in [2.24, 2.45) is 0 Å². The number of aliphatic hydroxyl groups is 7. The number of carbonyl (C=O) groups excluding carboxylic acids is 2. The number of allylic oxidation sites excluding steroid dienone is 19. The molecule has 11 atom stereocenters. The van der Waals surface area contributed by atoms with E-state index in [2.05, 4.69) is 98.9 Å². The largest absolute Gasteiger partial charge is 0.461 e. The number of carbonyl (C=O) groups is 2. The van der Waals surface area contributed by atoms with Crippen molar-refractivity contribution in [1.29, 1.82) is 0 Å². The van der Waals surface area contributed by atoms with Gasteiger partial charge in [0.2, 0.25) is 0 Å². The standard InChI is InChI=1S/C53H80O15/c1-3-5-7-9-11-13-15-17-19-20-22-24-26-28-30-32-34-36-45(56)66-41(38-63-44(55)35-33-31-29-27-25-23-21-18-16-14-12-10-8-6-4-2)39-64-52-51(62)49(60)47(58)43(68-52)40-65-53-50(61)48(59)46(57)42(37-54)67-53/h5-8,11-14,17-19,21-22,24-25,27-28,30-31,33,41-43,46-54,57-62H,3-4,9-10,15-16,20,23,26,29,32,34-40H2,1-2H3/b7-5-,8-6-,13-11-,14-12-,19-17-,21-18-,24-22-,27-25-,30-28-,33-31-.